The van der Waals surface area contributed by atoms with E-state index in [0.29, 0.717) is 17.5 Å². The summed E-state index contributed by atoms with van der Waals surface area (Å²) in [4.78, 5) is 15.8. The summed E-state index contributed by atoms with van der Waals surface area (Å²) in [5.41, 5.74) is 9.70. The molecule has 0 unspecified atom stereocenters. The van der Waals surface area contributed by atoms with Crippen LogP contribution in [0.2, 0.25) is 0 Å². The first-order valence-electron chi connectivity index (χ1n) is 20.9. The Bertz CT molecular complexity index is 3940. The summed E-state index contributed by atoms with van der Waals surface area (Å²) in [6.07, 6.45) is 0. The van der Waals surface area contributed by atoms with Gasteiger partial charge < -0.3 is 8.98 Å². The van der Waals surface area contributed by atoms with E-state index in [1.807, 2.05) is 6.07 Å². The molecule has 288 valence electrons. The van der Waals surface area contributed by atoms with Gasteiger partial charge in [-0.25, -0.2) is 15.0 Å². The highest BCUT2D eigenvalue weighted by atomic mass is 16.3. The lowest BCUT2D eigenvalue weighted by Gasteiger charge is -2.14. The van der Waals surface area contributed by atoms with Gasteiger partial charge in [-0.1, -0.05) is 158 Å². The number of rotatable bonds is 5. The minimum atomic E-state index is 0.558. The Morgan fingerprint density at radius 3 is 1.73 bits per heavy atom. The Balaban J connectivity index is 1.12. The van der Waals surface area contributed by atoms with Crippen LogP contribution < -0.4 is 0 Å². The van der Waals surface area contributed by atoms with Crippen molar-refractivity contribution in [3.05, 3.63) is 206 Å². The largest absolute Gasteiger partial charge is 0.455 e. The van der Waals surface area contributed by atoms with Crippen LogP contribution >= 0.6 is 0 Å². The monoisotopic (exact) mass is 790 g/mol. The minimum Gasteiger partial charge on any atom is -0.455 e. The van der Waals surface area contributed by atoms with Gasteiger partial charge in [-0.3, -0.25) is 0 Å². The number of para-hydroxylation sites is 1. The molecular weight excluding hydrogens is 757 g/mol. The fourth-order valence-corrected chi connectivity index (χ4v) is 9.39. The Morgan fingerprint density at radius 1 is 0.323 bits per heavy atom. The highest BCUT2D eigenvalue weighted by molar-refractivity contribution is 6.20. The van der Waals surface area contributed by atoms with E-state index in [1.54, 1.807) is 0 Å². The zero-order chi connectivity index (χ0) is 40.7. The van der Waals surface area contributed by atoms with Crippen LogP contribution in [0.25, 0.3) is 127 Å². The van der Waals surface area contributed by atoms with Crippen LogP contribution in [-0.4, -0.2) is 19.5 Å². The van der Waals surface area contributed by atoms with Gasteiger partial charge in [-0.15, -0.1) is 0 Å². The van der Waals surface area contributed by atoms with Gasteiger partial charge in [0.15, 0.2) is 17.5 Å². The van der Waals surface area contributed by atoms with Crippen molar-refractivity contribution in [1.29, 1.82) is 0 Å². The molecule has 0 atom stereocenters. The van der Waals surface area contributed by atoms with Crippen LogP contribution in [0.5, 0.6) is 0 Å². The first kappa shape index (κ1) is 34.5. The molecule has 5 heteroatoms. The predicted octanol–water partition coefficient (Wildman–Crippen LogP) is 15.0. The number of hydrogen-bond acceptors (Lipinski definition) is 4. The first-order valence-corrected chi connectivity index (χ1v) is 20.9. The normalized spacial score (nSPS) is 11.9. The van der Waals surface area contributed by atoms with Crippen molar-refractivity contribution in [3.8, 4) is 51.0 Å². The van der Waals surface area contributed by atoms with Crippen molar-refractivity contribution in [2.75, 3.05) is 0 Å². The van der Waals surface area contributed by atoms with E-state index in [-0.39, 0.29) is 0 Å². The van der Waals surface area contributed by atoms with E-state index in [2.05, 4.69) is 205 Å². The lowest BCUT2D eigenvalue weighted by Crippen LogP contribution is -2.02. The van der Waals surface area contributed by atoms with Crippen molar-refractivity contribution < 1.29 is 4.42 Å². The molecule has 62 heavy (non-hydrogen) atoms. The van der Waals surface area contributed by atoms with Gasteiger partial charge in [0.05, 0.1) is 22.1 Å². The second-order valence-electron chi connectivity index (χ2n) is 16.0. The standard InChI is InChI=1S/C57H34N4O/c1-2-13-35(14-3-1)39-20-12-21-42(29-39)55-58-56(43-26-25-36-15-4-5-17-38(36)30-43)60-57(59-55)44-33-51(53-47-28-27-37-16-8-9-22-45(37)54(47)62-52(53)34-44)61-49-24-11-10-23-46(49)48-31-40-18-6-7-19-41(40)32-50(48)61/h1-34H. The van der Waals surface area contributed by atoms with Crippen molar-refractivity contribution in [1.82, 2.24) is 19.5 Å². The molecule has 0 aliphatic rings. The summed E-state index contributed by atoms with van der Waals surface area (Å²) in [5, 5.41) is 11.3. The van der Waals surface area contributed by atoms with Crippen LogP contribution in [0.3, 0.4) is 0 Å². The van der Waals surface area contributed by atoms with Gasteiger partial charge >= 0.3 is 0 Å². The molecule has 0 amide bonds. The van der Waals surface area contributed by atoms with Crippen molar-refractivity contribution in [2.45, 2.75) is 0 Å². The number of aromatic nitrogens is 4. The molecule has 0 fully saturated rings. The molecule has 13 aromatic rings. The fourth-order valence-electron chi connectivity index (χ4n) is 9.39. The molecule has 0 radical (unpaired) electrons. The molecule has 3 heterocycles. The second kappa shape index (κ2) is 13.6. The van der Waals surface area contributed by atoms with E-state index in [4.69, 9.17) is 19.4 Å². The van der Waals surface area contributed by atoms with Gasteiger partial charge in [0.1, 0.15) is 11.2 Å². The highest BCUT2D eigenvalue weighted by Crippen LogP contribution is 2.43. The lowest BCUT2D eigenvalue weighted by atomic mass is 10.0. The average Bonchev–Trinajstić information content (AvgIpc) is 3.89. The molecule has 5 nitrogen and oxygen atoms in total. The molecule has 0 saturated carbocycles. The Hall–Kier alpha value is -8.41. The summed E-state index contributed by atoms with van der Waals surface area (Å²) in [6.45, 7) is 0. The molecule has 0 saturated heterocycles. The molecule has 0 bridgehead atoms. The topological polar surface area (TPSA) is 56.7 Å². The van der Waals surface area contributed by atoms with Gasteiger partial charge in [0.2, 0.25) is 0 Å². The smallest absolute Gasteiger partial charge is 0.164 e. The molecule has 13 rings (SSSR count). The summed E-state index contributed by atoms with van der Waals surface area (Å²) in [7, 11) is 0. The van der Waals surface area contributed by atoms with Gasteiger partial charge in [0.25, 0.3) is 0 Å². The maximum absolute atomic E-state index is 7.02. The SMILES string of the molecule is c1ccc(-c2cccc(-c3nc(-c4ccc5ccccc5c4)nc(-c4cc(-n5c6ccccc6c6cc7ccccc7cc65)c5c(c4)oc4c6ccccc6ccc45)n3)c2)cc1. The Morgan fingerprint density at radius 2 is 0.919 bits per heavy atom. The fraction of sp³-hybridized carbons (Fsp3) is 0. The van der Waals surface area contributed by atoms with Crippen LogP contribution in [-0.2, 0) is 0 Å². The zero-order valence-electron chi connectivity index (χ0n) is 33.3. The molecule has 10 aromatic carbocycles. The van der Waals surface area contributed by atoms with Crippen LogP contribution in [0.15, 0.2) is 211 Å². The van der Waals surface area contributed by atoms with Crippen molar-refractivity contribution >= 4 is 76.1 Å². The van der Waals surface area contributed by atoms with Gasteiger partial charge in [-0.05, 0) is 86.6 Å². The number of fused-ring (bicyclic) bond motifs is 10. The van der Waals surface area contributed by atoms with Crippen LogP contribution in [0, 0.1) is 0 Å². The number of hydrogen-bond donors (Lipinski definition) is 0. The van der Waals surface area contributed by atoms with E-state index in [0.717, 1.165) is 88.0 Å². The molecule has 3 aromatic heterocycles. The summed E-state index contributed by atoms with van der Waals surface area (Å²) >= 11 is 0. The van der Waals surface area contributed by atoms with Crippen molar-refractivity contribution in [2.24, 2.45) is 0 Å². The lowest BCUT2D eigenvalue weighted by molar-refractivity contribution is 0.672. The molecular formula is C57H34N4O. The third-order valence-electron chi connectivity index (χ3n) is 12.4. The van der Waals surface area contributed by atoms with E-state index in [1.165, 1.54) is 21.5 Å². The predicted molar refractivity (Wildman–Crippen MR) is 256 cm³/mol. The minimum absolute atomic E-state index is 0.558. The third kappa shape index (κ3) is 5.45. The highest BCUT2D eigenvalue weighted by Gasteiger charge is 2.23. The molecule has 0 aliphatic carbocycles. The molecule has 0 spiro atoms. The van der Waals surface area contributed by atoms with Crippen LogP contribution in [0.1, 0.15) is 0 Å². The summed E-state index contributed by atoms with van der Waals surface area (Å²) < 4.78 is 9.42. The van der Waals surface area contributed by atoms with E-state index < -0.39 is 0 Å². The average molecular weight is 791 g/mol. The molecule has 0 aliphatic heterocycles. The number of nitrogens with zero attached hydrogens (tertiary/aromatic N) is 4. The third-order valence-corrected chi connectivity index (χ3v) is 12.4. The summed E-state index contributed by atoms with van der Waals surface area (Å²) in [5.74, 6) is 1.75. The first-order chi connectivity index (χ1) is 30.7. The number of furan rings is 1. The van der Waals surface area contributed by atoms with Crippen molar-refractivity contribution in [3.63, 3.8) is 0 Å². The van der Waals surface area contributed by atoms with Gasteiger partial charge in [-0.2, -0.15) is 0 Å². The van der Waals surface area contributed by atoms with E-state index in [9.17, 15) is 0 Å². The van der Waals surface area contributed by atoms with Crippen LogP contribution in [0.4, 0.5) is 0 Å². The zero-order valence-corrected chi connectivity index (χ0v) is 33.3. The Labute approximate surface area is 355 Å². The maximum Gasteiger partial charge on any atom is 0.164 e. The second-order valence-corrected chi connectivity index (χ2v) is 16.0. The quantitative estimate of drug-likeness (QED) is 0.174. The summed E-state index contributed by atoms with van der Waals surface area (Å²) in [6, 6.07) is 72.8. The molecule has 0 N–H and O–H groups in total. The van der Waals surface area contributed by atoms with E-state index >= 15 is 0 Å². The van der Waals surface area contributed by atoms with Gasteiger partial charge in [0, 0.05) is 38.2 Å². The number of benzene rings is 10. The Kier molecular flexibility index (Phi) is 7.54. The maximum atomic E-state index is 7.02.